The molecular weight excluding hydrogens is 188 g/mol. The molecule has 0 radical (unpaired) electrons. The fourth-order valence-corrected chi connectivity index (χ4v) is 2.47. The Morgan fingerprint density at radius 1 is 1.40 bits per heavy atom. The topological polar surface area (TPSA) is 38.5 Å². The largest absolute Gasteiger partial charge is 0.381 e. The van der Waals surface area contributed by atoms with Crippen LogP contribution in [0, 0.1) is 0 Å². The zero-order valence-corrected chi connectivity index (χ0v) is 10.5. The molecule has 3 heteroatoms. The molecule has 1 saturated heterocycles. The van der Waals surface area contributed by atoms with Crippen LogP contribution in [0.25, 0.3) is 0 Å². The van der Waals surface area contributed by atoms with Gasteiger partial charge in [0.2, 0.25) is 0 Å². The number of hydrogen-bond acceptors (Lipinski definition) is 3. The maximum Gasteiger partial charge on any atom is 0.0480 e. The second-order valence-electron chi connectivity index (χ2n) is 5.16. The molecule has 1 aliphatic heterocycles. The van der Waals surface area contributed by atoms with Gasteiger partial charge in [0.1, 0.15) is 0 Å². The van der Waals surface area contributed by atoms with E-state index in [0.717, 1.165) is 45.4 Å². The van der Waals surface area contributed by atoms with E-state index < -0.39 is 0 Å². The summed E-state index contributed by atoms with van der Waals surface area (Å²) in [5.74, 6) is 0. The van der Waals surface area contributed by atoms with Crippen LogP contribution >= 0.6 is 0 Å². The summed E-state index contributed by atoms with van der Waals surface area (Å²) in [6, 6.07) is 0.665. The molecule has 3 nitrogen and oxygen atoms in total. The number of hydrogen-bond donors (Lipinski definition) is 1. The van der Waals surface area contributed by atoms with Crippen molar-refractivity contribution in [1.29, 1.82) is 0 Å². The lowest BCUT2D eigenvalue weighted by atomic mass is 9.95. The lowest BCUT2D eigenvalue weighted by molar-refractivity contribution is 0.0364. The first-order valence-corrected chi connectivity index (χ1v) is 6.12. The van der Waals surface area contributed by atoms with Crippen LogP contribution in [0.15, 0.2) is 0 Å². The second kappa shape index (κ2) is 5.83. The average molecular weight is 214 g/mol. The molecule has 90 valence electrons. The predicted molar refractivity (Wildman–Crippen MR) is 64.0 cm³/mol. The summed E-state index contributed by atoms with van der Waals surface area (Å²) >= 11 is 0. The molecule has 1 heterocycles. The number of nitrogens with zero attached hydrogens (tertiary/aromatic N) is 1. The molecule has 1 aliphatic rings. The van der Waals surface area contributed by atoms with Gasteiger partial charge in [-0.2, -0.15) is 0 Å². The molecular formula is C12H26N2O. The van der Waals surface area contributed by atoms with Crippen molar-refractivity contribution in [2.45, 2.75) is 51.1 Å². The molecule has 0 aliphatic carbocycles. The zero-order valence-electron chi connectivity index (χ0n) is 10.5. The van der Waals surface area contributed by atoms with Gasteiger partial charge >= 0.3 is 0 Å². The van der Waals surface area contributed by atoms with Gasteiger partial charge in [0.15, 0.2) is 0 Å². The summed E-state index contributed by atoms with van der Waals surface area (Å²) < 4.78 is 5.37. The minimum atomic E-state index is -0.0399. The van der Waals surface area contributed by atoms with Crippen LogP contribution in [0.1, 0.15) is 39.5 Å². The quantitative estimate of drug-likeness (QED) is 0.755. The third-order valence-corrected chi connectivity index (χ3v) is 3.25. The van der Waals surface area contributed by atoms with Crippen molar-refractivity contribution in [3.63, 3.8) is 0 Å². The molecule has 0 aromatic carbocycles. The molecule has 1 fully saturated rings. The van der Waals surface area contributed by atoms with E-state index in [1.165, 1.54) is 0 Å². The van der Waals surface area contributed by atoms with Gasteiger partial charge in [-0.1, -0.05) is 13.3 Å². The van der Waals surface area contributed by atoms with Gasteiger partial charge in [0, 0.05) is 31.3 Å². The third-order valence-electron chi connectivity index (χ3n) is 3.25. The maximum atomic E-state index is 6.26. The molecule has 2 N–H and O–H groups in total. The predicted octanol–water partition coefficient (Wildman–Crippen LogP) is 1.61. The normalized spacial score (nSPS) is 23.0. The maximum absolute atomic E-state index is 6.26. The minimum absolute atomic E-state index is 0.0399. The van der Waals surface area contributed by atoms with E-state index in [9.17, 15) is 0 Å². The van der Waals surface area contributed by atoms with Crippen LogP contribution in [0.3, 0.4) is 0 Å². The van der Waals surface area contributed by atoms with E-state index in [0.29, 0.717) is 6.04 Å². The van der Waals surface area contributed by atoms with Crippen molar-refractivity contribution in [1.82, 2.24) is 4.90 Å². The van der Waals surface area contributed by atoms with Crippen LogP contribution < -0.4 is 5.73 Å². The van der Waals surface area contributed by atoms with Crippen molar-refractivity contribution in [3.05, 3.63) is 0 Å². The van der Waals surface area contributed by atoms with E-state index in [4.69, 9.17) is 10.5 Å². The van der Waals surface area contributed by atoms with Crippen molar-refractivity contribution in [2.24, 2.45) is 5.73 Å². The molecule has 1 unspecified atom stereocenters. The fourth-order valence-electron chi connectivity index (χ4n) is 2.47. The standard InChI is InChI=1S/C12H26N2O/c1-4-7-12(2,13)10-14(3)11-5-8-15-9-6-11/h11H,4-10,13H2,1-3H3. The summed E-state index contributed by atoms with van der Waals surface area (Å²) in [4.78, 5) is 2.41. The molecule has 1 rings (SSSR count). The van der Waals surface area contributed by atoms with E-state index in [-0.39, 0.29) is 5.54 Å². The summed E-state index contributed by atoms with van der Waals surface area (Å²) in [6.07, 6.45) is 4.56. The highest BCUT2D eigenvalue weighted by Gasteiger charge is 2.25. The van der Waals surface area contributed by atoms with Crippen molar-refractivity contribution in [3.8, 4) is 0 Å². The van der Waals surface area contributed by atoms with Crippen molar-refractivity contribution < 1.29 is 4.74 Å². The Morgan fingerprint density at radius 2 is 2.00 bits per heavy atom. The van der Waals surface area contributed by atoms with Gasteiger partial charge in [0.25, 0.3) is 0 Å². The minimum Gasteiger partial charge on any atom is -0.381 e. The molecule has 0 amide bonds. The van der Waals surface area contributed by atoms with Gasteiger partial charge in [-0.05, 0) is 33.2 Å². The molecule has 0 aromatic rings. The Balaban J connectivity index is 2.35. The smallest absolute Gasteiger partial charge is 0.0480 e. The van der Waals surface area contributed by atoms with E-state index in [1.807, 2.05) is 0 Å². The van der Waals surface area contributed by atoms with E-state index in [2.05, 4.69) is 25.8 Å². The van der Waals surface area contributed by atoms with E-state index >= 15 is 0 Å². The SMILES string of the molecule is CCCC(C)(N)CN(C)C1CCOCC1. The Morgan fingerprint density at radius 3 is 2.53 bits per heavy atom. The lowest BCUT2D eigenvalue weighted by Gasteiger charge is -2.36. The highest BCUT2D eigenvalue weighted by Crippen LogP contribution is 2.17. The van der Waals surface area contributed by atoms with Gasteiger partial charge < -0.3 is 15.4 Å². The van der Waals surface area contributed by atoms with Gasteiger partial charge in [0.05, 0.1) is 0 Å². The zero-order chi connectivity index (χ0) is 11.3. The van der Waals surface area contributed by atoms with Gasteiger partial charge in [-0.3, -0.25) is 0 Å². The number of rotatable bonds is 5. The van der Waals surface area contributed by atoms with Crippen molar-refractivity contribution >= 4 is 0 Å². The summed E-state index contributed by atoms with van der Waals surface area (Å²) in [5.41, 5.74) is 6.22. The molecule has 0 bridgehead atoms. The van der Waals surface area contributed by atoms with Gasteiger partial charge in [-0.25, -0.2) is 0 Å². The van der Waals surface area contributed by atoms with Crippen molar-refractivity contribution in [2.75, 3.05) is 26.8 Å². The molecule has 15 heavy (non-hydrogen) atoms. The molecule has 0 spiro atoms. The second-order valence-corrected chi connectivity index (χ2v) is 5.16. The molecule has 0 aromatic heterocycles. The highest BCUT2D eigenvalue weighted by molar-refractivity contribution is 4.84. The lowest BCUT2D eigenvalue weighted by Crippen LogP contribution is -2.50. The van der Waals surface area contributed by atoms with Crippen LogP contribution in [-0.2, 0) is 4.74 Å². The van der Waals surface area contributed by atoms with Crippen LogP contribution in [0.5, 0.6) is 0 Å². The third kappa shape index (κ3) is 4.49. The molecule has 0 saturated carbocycles. The average Bonchev–Trinajstić information content (AvgIpc) is 2.18. The fraction of sp³-hybridized carbons (Fsp3) is 1.00. The molecule has 1 atom stereocenters. The summed E-state index contributed by atoms with van der Waals surface area (Å²) in [5, 5.41) is 0. The Kier molecular flexibility index (Phi) is 5.03. The number of nitrogens with two attached hydrogens (primary N) is 1. The van der Waals surface area contributed by atoms with E-state index in [1.54, 1.807) is 0 Å². The van der Waals surface area contributed by atoms with Crippen LogP contribution in [0.2, 0.25) is 0 Å². The number of likely N-dealkylation sites (N-methyl/N-ethyl adjacent to an activating group) is 1. The summed E-state index contributed by atoms with van der Waals surface area (Å²) in [7, 11) is 2.19. The Hall–Kier alpha value is -0.120. The van der Waals surface area contributed by atoms with Gasteiger partial charge in [-0.15, -0.1) is 0 Å². The van der Waals surface area contributed by atoms with Crippen LogP contribution in [-0.4, -0.2) is 43.3 Å². The first-order chi connectivity index (χ1) is 7.05. The number of ether oxygens (including phenoxy) is 1. The first kappa shape index (κ1) is 12.9. The monoisotopic (exact) mass is 214 g/mol. The Bertz CT molecular complexity index is 176. The first-order valence-electron chi connectivity index (χ1n) is 6.12. The Labute approximate surface area is 94.0 Å². The highest BCUT2D eigenvalue weighted by atomic mass is 16.5. The van der Waals surface area contributed by atoms with Crippen LogP contribution in [0.4, 0.5) is 0 Å². The summed E-state index contributed by atoms with van der Waals surface area (Å²) in [6.45, 7) is 7.16.